The van der Waals surface area contributed by atoms with Crippen molar-refractivity contribution in [3.63, 3.8) is 0 Å². The summed E-state index contributed by atoms with van der Waals surface area (Å²) in [6.45, 7) is 4.75. The first-order chi connectivity index (χ1) is 17.5. The lowest BCUT2D eigenvalue weighted by Crippen LogP contribution is -2.70. The van der Waals surface area contributed by atoms with Crippen molar-refractivity contribution in [1.82, 2.24) is 4.90 Å². The van der Waals surface area contributed by atoms with E-state index in [-0.39, 0.29) is 29.3 Å². The Kier molecular flexibility index (Phi) is 6.53. The first-order valence-corrected chi connectivity index (χ1v) is 14.4. The lowest BCUT2D eigenvalue weighted by molar-refractivity contribution is -0.164. The molecule has 7 rings (SSSR count). The summed E-state index contributed by atoms with van der Waals surface area (Å²) in [7, 11) is 1.75. The summed E-state index contributed by atoms with van der Waals surface area (Å²) >= 11 is 0. The van der Waals surface area contributed by atoms with Gasteiger partial charge in [-0.15, -0.1) is 12.4 Å². The number of piperidine rings is 1. The second-order valence-electron chi connectivity index (χ2n) is 12.8. The molecule has 3 fully saturated rings. The number of rotatable bonds is 8. The van der Waals surface area contributed by atoms with Crippen LogP contribution in [-0.4, -0.2) is 48.5 Å². The molecule has 5 aliphatic rings. The Labute approximate surface area is 228 Å². The quantitative estimate of drug-likeness (QED) is 0.434. The number of hydrogen-bond acceptors (Lipinski definition) is 4. The predicted octanol–water partition coefficient (Wildman–Crippen LogP) is 5.96. The zero-order valence-corrected chi connectivity index (χ0v) is 23.1. The first kappa shape index (κ1) is 25.5. The van der Waals surface area contributed by atoms with E-state index in [1.54, 1.807) is 7.11 Å². The van der Waals surface area contributed by atoms with E-state index in [1.807, 2.05) is 0 Å². The second kappa shape index (κ2) is 9.47. The van der Waals surface area contributed by atoms with Crippen LogP contribution >= 0.6 is 12.4 Å². The number of ether oxygens (including phenoxy) is 2. The molecular formula is C32H42ClNO3. The fraction of sp³-hybridized carbons (Fsp3) is 0.625. The van der Waals surface area contributed by atoms with Gasteiger partial charge in [-0.2, -0.15) is 0 Å². The average Bonchev–Trinajstić information content (AvgIpc) is 3.64. The molecule has 0 radical (unpaired) electrons. The maximum absolute atomic E-state index is 12.0. The number of aliphatic hydroxyl groups excluding tert-OH is 1. The minimum atomic E-state index is -0.454. The summed E-state index contributed by atoms with van der Waals surface area (Å²) in [5, 5.41) is 12.0. The standard InChI is InChI=1S/C32H41NO3.ClH/c1-31(15-7-6-10-21-8-4-3-5-9-21)19-24-25-18-23-13-14-26(35-2)28-27(23)32(24,30(36-28)29(31)34)16-17-33(25)20-22-11-12-22;/h3-5,8-9,13-14,22,24-25,29-30,34H,6-7,10-12,15-20H2,1-2H3;1H/t24?,25?,29-,30?,31-,32?;/m1./s1. The van der Waals surface area contributed by atoms with Crippen molar-refractivity contribution in [3.8, 4) is 11.5 Å². The van der Waals surface area contributed by atoms with Crippen LogP contribution in [0.3, 0.4) is 0 Å². The van der Waals surface area contributed by atoms with E-state index >= 15 is 0 Å². The van der Waals surface area contributed by atoms with Crippen LogP contribution in [0.15, 0.2) is 42.5 Å². The van der Waals surface area contributed by atoms with E-state index in [2.05, 4.69) is 54.3 Å². The molecular weight excluding hydrogens is 482 g/mol. The summed E-state index contributed by atoms with van der Waals surface area (Å²) in [5.74, 6) is 3.22. The van der Waals surface area contributed by atoms with Crippen LogP contribution in [0, 0.1) is 17.3 Å². The number of aryl methyl sites for hydroxylation is 1. The summed E-state index contributed by atoms with van der Waals surface area (Å²) in [5.41, 5.74) is 4.06. The summed E-state index contributed by atoms with van der Waals surface area (Å²) in [4.78, 5) is 2.84. The molecule has 1 saturated heterocycles. The van der Waals surface area contributed by atoms with Crippen molar-refractivity contribution >= 4 is 12.4 Å². The normalized spacial score (nSPS) is 35.3. The van der Waals surface area contributed by atoms with Gasteiger partial charge in [0.25, 0.3) is 0 Å². The molecule has 1 N–H and O–H groups in total. The third-order valence-electron chi connectivity index (χ3n) is 10.7. The highest BCUT2D eigenvalue weighted by molar-refractivity contribution is 5.85. The SMILES string of the molecule is COc1ccc2c3c1OC1[C@@H](O)[C@](C)(CCCCc4ccccc4)CC4C(C2)N(CC2CC2)CCC341.Cl. The van der Waals surface area contributed by atoms with Crippen molar-refractivity contribution < 1.29 is 14.6 Å². The molecule has 4 nitrogen and oxygen atoms in total. The molecule has 2 aromatic rings. The van der Waals surface area contributed by atoms with Gasteiger partial charge in [0.2, 0.25) is 0 Å². The van der Waals surface area contributed by atoms with E-state index in [4.69, 9.17) is 9.47 Å². The molecule has 2 aliphatic heterocycles. The van der Waals surface area contributed by atoms with Crippen molar-refractivity contribution in [3.05, 3.63) is 59.2 Å². The highest BCUT2D eigenvalue weighted by atomic mass is 35.5. The fourth-order valence-corrected chi connectivity index (χ4v) is 8.64. The highest BCUT2D eigenvalue weighted by Gasteiger charge is 2.69. The monoisotopic (exact) mass is 523 g/mol. The Balaban J connectivity index is 0.00000252. The summed E-state index contributed by atoms with van der Waals surface area (Å²) < 4.78 is 12.6. The number of nitrogens with zero attached hydrogens (tertiary/aromatic N) is 1. The van der Waals surface area contributed by atoms with Gasteiger partial charge >= 0.3 is 0 Å². The zero-order chi connectivity index (χ0) is 24.5. The minimum Gasteiger partial charge on any atom is -0.493 e. The summed E-state index contributed by atoms with van der Waals surface area (Å²) in [6.07, 6.45) is 9.99. The summed E-state index contributed by atoms with van der Waals surface area (Å²) in [6, 6.07) is 15.8. The fourth-order valence-electron chi connectivity index (χ4n) is 8.64. The van der Waals surface area contributed by atoms with Gasteiger partial charge in [0.05, 0.1) is 13.2 Å². The highest BCUT2D eigenvalue weighted by Crippen LogP contribution is 2.67. The molecule has 200 valence electrons. The van der Waals surface area contributed by atoms with Gasteiger partial charge in [-0.05, 0) is 92.4 Å². The zero-order valence-electron chi connectivity index (χ0n) is 22.3. The van der Waals surface area contributed by atoms with E-state index in [0.29, 0.717) is 12.0 Å². The van der Waals surface area contributed by atoms with Gasteiger partial charge in [0.15, 0.2) is 11.5 Å². The topological polar surface area (TPSA) is 41.9 Å². The molecule has 2 aromatic carbocycles. The maximum Gasteiger partial charge on any atom is 0.165 e. The van der Waals surface area contributed by atoms with Gasteiger partial charge in [0.1, 0.15) is 6.10 Å². The van der Waals surface area contributed by atoms with Gasteiger partial charge in [-0.1, -0.05) is 49.7 Å². The van der Waals surface area contributed by atoms with Crippen LogP contribution in [0.1, 0.15) is 68.6 Å². The van der Waals surface area contributed by atoms with Gasteiger partial charge in [-0.3, -0.25) is 4.90 Å². The molecule has 6 atom stereocenters. The maximum atomic E-state index is 12.0. The Morgan fingerprint density at radius 3 is 2.68 bits per heavy atom. The van der Waals surface area contributed by atoms with Crippen LogP contribution < -0.4 is 9.47 Å². The molecule has 2 saturated carbocycles. The lowest BCUT2D eigenvalue weighted by atomic mass is 9.46. The Morgan fingerprint density at radius 1 is 1.11 bits per heavy atom. The van der Waals surface area contributed by atoms with Crippen LogP contribution in [0.25, 0.3) is 0 Å². The molecule has 2 heterocycles. The number of aliphatic hydroxyl groups is 1. The number of hydrogen-bond donors (Lipinski definition) is 1. The Hall–Kier alpha value is -1.75. The third kappa shape index (κ3) is 3.93. The van der Waals surface area contributed by atoms with Gasteiger partial charge < -0.3 is 14.6 Å². The number of halogens is 1. The van der Waals surface area contributed by atoms with Crippen LogP contribution in [0.5, 0.6) is 11.5 Å². The molecule has 0 aromatic heterocycles. The van der Waals surface area contributed by atoms with E-state index in [9.17, 15) is 5.11 Å². The van der Waals surface area contributed by atoms with Crippen LogP contribution in [0.4, 0.5) is 0 Å². The Bertz CT molecular complexity index is 1140. The van der Waals surface area contributed by atoms with Crippen molar-refractivity contribution in [1.29, 1.82) is 0 Å². The van der Waals surface area contributed by atoms with E-state index < -0.39 is 6.10 Å². The minimum absolute atomic E-state index is 0. The molecule has 1 spiro atoms. The number of benzene rings is 2. The first-order valence-electron chi connectivity index (χ1n) is 14.4. The third-order valence-corrected chi connectivity index (χ3v) is 10.7. The van der Waals surface area contributed by atoms with Crippen molar-refractivity contribution in [2.24, 2.45) is 17.3 Å². The van der Waals surface area contributed by atoms with E-state index in [1.165, 1.54) is 42.5 Å². The average molecular weight is 524 g/mol. The molecule has 0 amide bonds. The molecule has 4 unspecified atom stereocenters. The molecule has 37 heavy (non-hydrogen) atoms. The predicted molar refractivity (Wildman–Crippen MR) is 149 cm³/mol. The molecule has 5 heteroatoms. The Morgan fingerprint density at radius 2 is 1.92 bits per heavy atom. The lowest BCUT2D eigenvalue weighted by Gasteiger charge is -2.63. The number of methoxy groups -OCH3 is 1. The molecule has 3 aliphatic carbocycles. The smallest absolute Gasteiger partial charge is 0.165 e. The number of likely N-dealkylation sites (tertiary alicyclic amines) is 1. The van der Waals surface area contributed by atoms with Crippen molar-refractivity contribution in [2.45, 2.75) is 88.4 Å². The van der Waals surface area contributed by atoms with E-state index in [0.717, 1.165) is 62.5 Å². The van der Waals surface area contributed by atoms with Crippen LogP contribution in [-0.2, 0) is 18.3 Å². The van der Waals surface area contributed by atoms with Gasteiger partial charge in [-0.25, -0.2) is 0 Å². The van der Waals surface area contributed by atoms with Crippen molar-refractivity contribution in [2.75, 3.05) is 20.2 Å². The van der Waals surface area contributed by atoms with Crippen LogP contribution in [0.2, 0.25) is 0 Å². The number of unbranched alkanes of at least 4 members (excludes halogenated alkanes) is 1. The van der Waals surface area contributed by atoms with Gasteiger partial charge in [0, 0.05) is 23.6 Å². The largest absolute Gasteiger partial charge is 0.493 e. The molecule has 2 bridgehead atoms. The second-order valence-corrected chi connectivity index (χ2v) is 12.8.